The number of rotatable bonds is 2. The molecule has 0 bridgehead atoms. The lowest BCUT2D eigenvalue weighted by Gasteiger charge is -2.48. The first-order valence-corrected chi connectivity index (χ1v) is 7.36. The zero-order valence-electron chi connectivity index (χ0n) is 11.9. The van der Waals surface area contributed by atoms with E-state index in [0.29, 0.717) is 5.92 Å². The fourth-order valence-corrected chi connectivity index (χ4v) is 3.52. The van der Waals surface area contributed by atoms with Gasteiger partial charge in [-0.3, -0.25) is 4.98 Å². The maximum Gasteiger partial charge on any atom is 0.0837 e. The van der Waals surface area contributed by atoms with Crippen LogP contribution in [0.4, 0.5) is 0 Å². The van der Waals surface area contributed by atoms with Crippen LogP contribution in [0.2, 0.25) is 0 Å². The molecule has 1 saturated heterocycles. The third-order valence-corrected chi connectivity index (χ3v) is 4.83. The molecular weight excluding hydrogens is 238 g/mol. The number of pyridine rings is 1. The van der Waals surface area contributed by atoms with Gasteiger partial charge in [0.15, 0.2) is 0 Å². The summed E-state index contributed by atoms with van der Waals surface area (Å²) in [5, 5.41) is 10.7. The quantitative estimate of drug-likeness (QED) is 0.889. The van der Waals surface area contributed by atoms with E-state index >= 15 is 0 Å². The Morgan fingerprint density at radius 1 is 1.37 bits per heavy atom. The zero-order valence-corrected chi connectivity index (χ0v) is 11.9. The summed E-state index contributed by atoms with van der Waals surface area (Å²) < 4.78 is 5.94. The number of hydrogen-bond donors (Lipinski definition) is 1. The molecule has 1 aromatic rings. The van der Waals surface area contributed by atoms with Crippen LogP contribution in [0.5, 0.6) is 0 Å². The molecule has 1 spiro atoms. The highest BCUT2D eigenvalue weighted by Gasteiger charge is 2.44. The minimum absolute atomic E-state index is 0.0932. The van der Waals surface area contributed by atoms with Crippen LogP contribution in [0.1, 0.15) is 55.2 Å². The number of nitrogens with zero attached hydrogens (tertiary/aromatic N) is 1. The van der Waals surface area contributed by atoms with Crippen molar-refractivity contribution in [2.75, 3.05) is 6.61 Å². The third-order valence-electron chi connectivity index (χ3n) is 4.83. The lowest BCUT2D eigenvalue weighted by atomic mass is 9.70. The topological polar surface area (TPSA) is 42.4 Å². The van der Waals surface area contributed by atoms with Crippen molar-refractivity contribution in [2.24, 2.45) is 5.92 Å². The first kappa shape index (κ1) is 13.1. The summed E-state index contributed by atoms with van der Waals surface area (Å²) in [5.74, 6) is 0.317. The largest absolute Gasteiger partial charge is 0.388 e. The van der Waals surface area contributed by atoms with Gasteiger partial charge >= 0.3 is 0 Å². The van der Waals surface area contributed by atoms with Crippen LogP contribution in [0.3, 0.4) is 0 Å². The van der Waals surface area contributed by atoms with Crippen LogP contribution in [0, 0.1) is 19.8 Å². The molecule has 1 saturated carbocycles. The van der Waals surface area contributed by atoms with E-state index in [1.807, 2.05) is 26.0 Å². The van der Waals surface area contributed by atoms with Crippen molar-refractivity contribution in [2.45, 2.75) is 57.7 Å². The van der Waals surface area contributed by atoms with E-state index in [0.717, 1.165) is 36.4 Å². The van der Waals surface area contributed by atoms with E-state index in [1.165, 1.54) is 19.3 Å². The Hall–Kier alpha value is -0.930. The number of ether oxygens (including phenoxy) is 1. The predicted molar refractivity (Wildman–Crippen MR) is 73.9 cm³/mol. The van der Waals surface area contributed by atoms with Crippen LogP contribution in [-0.2, 0) is 4.74 Å². The van der Waals surface area contributed by atoms with Crippen molar-refractivity contribution in [3.05, 3.63) is 29.1 Å². The molecule has 19 heavy (non-hydrogen) atoms. The third kappa shape index (κ3) is 2.41. The fraction of sp³-hybridized carbons (Fsp3) is 0.688. The number of aliphatic hydroxyl groups is 1. The highest BCUT2D eigenvalue weighted by atomic mass is 16.5. The van der Waals surface area contributed by atoms with Crippen molar-refractivity contribution < 1.29 is 9.84 Å². The number of hydrogen-bond acceptors (Lipinski definition) is 3. The SMILES string of the molecule is Cc1ccc(C(O)C2CCOC3(CCC3)C2)c(C)n1. The van der Waals surface area contributed by atoms with E-state index in [2.05, 4.69) is 4.98 Å². The molecule has 1 aromatic heterocycles. The van der Waals surface area contributed by atoms with Gasteiger partial charge in [0.25, 0.3) is 0 Å². The standard InChI is InChI=1S/C16H23NO2/c1-11-4-5-14(12(2)17-11)15(18)13-6-9-19-16(10-13)7-3-8-16/h4-5,13,15,18H,3,6-10H2,1-2H3. The van der Waals surface area contributed by atoms with Crippen LogP contribution < -0.4 is 0 Å². The second-order valence-corrected chi connectivity index (χ2v) is 6.21. The molecule has 3 heteroatoms. The van der Waals surface area contributed by atoms with Gasteiger partial charge < -0.3 is 9.84 Å². The molecule has 1 aliphatic heterocycles. The monoisotopic (exact) mass is 261 g/mol. The van der Waals surface area contributed by atoms with Crippen molar-refractivity contribution in [3.8, 4) is 0 Å². The predicted octanol–water partition coefficient (Wildman–Crippen LogP) is 3.08. The van der Waals surface area contributed by atoms with Crippen LogP contribution in [0.25, 0.3) is 0 Å². The summed E-state index contributed by atoms with van der Waals surface area (Å²) in [4.78, 5) is 4.47. The zero-order chi connectivity index (χ0) is 13.5. The van der Waals surface area contributed by atoms with Crippen molar-refractivity contribution in [1.82, 2.24) is 4.98 Å². The maximum atomic E-state index is 10.7. The summed E-state index contributed by atoms with van der Waals surface area (Å²) >= 11 is 0. The van der Waals surface area contributed by atoms with Crippen LogP contribution >= 0.6 is 0 Å². The summed E-state index contributed by atoms with van der Waals surface area (Å²) in [6.07, 6.45) is 5.17. The summed E-state index contributed by atoms with van der Waals surface area (Å²) in [6, 6.07) is 4.02. The van der Waals surface area contributed by atoms with Gasteiger partial charge in [-0.05, 0) is 57.9 Å². The lowest BCUT2D eigenvalue weighted by Crippen LogP contribution is -2.46. The molecule has 0 radical (unpaired) electrons. The van der Waals surface area contributed by atoms with Gasteiger partial charge in [-0.15, -0.1) is 0 Å². The molecule has 104 valence electrons. The van der Waals surface area contributed by atoms with E-state index in [9.17, 15) is 5.11 Å². The number of aromatic nitrogens is 1. The number of aliphatic hydroxyl groups excluding tert-OH is 1. The van der Waals surface area contributed by atoms with Gasteiger partial charge in [0.05, 0.1) is 11.7 Å². The Bertz CT molecular complexity index is 468. The van der Waals surface area contributed by atoms with E-state index in [1.54, 1.807) is 0 Å². The Balaban J connectivity index is 1.77. The Labute approximate surface area is 115 Å². The van der Waals surface area contributed by atoms with Gasteiger partial charge in [-0.2, -0.15) is 0 Å². The van der Waals surface area contributed by atoms with E-state index in [4.69, 9.17) is 4.74 Å². The lowest BCUT2D eigenvalue weighted by molar-refractivity contribution is -0.157. The second-order valence-electron chi connectivity index (χ2n) is 6.21. The smallest absolute Gasteiger partial charge is 0.0837 e. The maximum absolute atomic E-state index is 10.7. The van der Waals surface area contributed by atoms with Crippen molar-refractivity contribution in [1.29, 1.82) is 0 Å². The van der Waals surface area contributed by atoms with Gasteiger partial charge in [0.2, 0.25) is 0 Å². The minimum atomic E-state index is -0.394. The molecule has 2 atom stereocenters. The Morgan fingerprint density at radius 3 is 2.79 bits per heavy atom. The molecular formula is C16H23NO2. The van der Waals surface area contributed by atoms with Gasteiger partial charge in [0.1, 0.15) is 0 Å². The molecule has 1 aliphatic carbocycles. The molecule has 2 fully saturated rings. The average molecular weight is 261 g/mol. The second kappa shape index (κ2) is 4.88. The Morgan fingerprint density at radius 2 is 2.16 bits per heavy atom. The molecule has 0 amide bonds. The van der Waals surface area contributed by atoms with E-state index in [-0.39, 0.29) is 5.60 Å². The Kier molecular flexibility index (Phi) is 3.35. The first-order valence-electron chi connectivity index (χ1n) is 7.36. The normalized spacial score (nSPS) is 27.0. The molecule has 3 rings (SSSR count). The molecule has 1 N–H and O–H groups in total. The first-order chi connectivity index (χ1) is 9.10. The highest BCUT2D eigenvalue weighted by molar-refractivity contribution is 5.24. The van der Waals surface area contributed by atoms with Gasteiger partial charge in [-0.1, -0.05) is 6.07 Å². The molecule has 2 unspecified atom stereocenters. The summed E-state index contributed by atoms with van der Waals surface area (Å²) in [5.41, 5.74) is 3.06. The molecule has 2 aliphatic rings. The molecule has 2 heterocycles. The summed E-state index contributed by atoms with van der Waals surface area (Å²) in [7, 11) is 0. The minimum Gasteiger partial charge on any atom is -0.388 e. The average Bonchev–Trinajstić information content (AvgIpc) is 2.36. The molecule has 3 nitrogen and oxygen atoms in total. The van der Waals surface area contributed by atoms with Crippen LogP contribution in [-0.4, -0.2) is 22.3 Å². The fourth-order valence-electron chi connectivity index (χ4n) is 3.52. The van der Waals surface area contributed by atoms with Crippen molar-refractivity contribution >= 4 is 0 Å². The van der Waals surface area contributed by atoms with E-state index < -0.39 is 6.10 Å². The van der Waals surface area contributed by atoms with Crippen molar-refractivity contribution in [3.63, 3.8) is 0 Å². The highest BCUT2D eigenvalue weighted by Crippen LogP contribution is 2.47. The number of aryl methyl sites for hydroxylation is 2. The van der Waals surface area contributed by atoms with Gasteiger partial charge in [-0.25, -0.2) is 0 Å². The van der Waals surface area contributed by atoms with Crippen LogP contribution in [0.15, 0.2) is 12.1 Å². The molecule has 0 aromatic carbocycles. The summed E-state index contributed by atoms with van der Waals surface area (Å²) in [6.45, 7) is 4.77. The van der Waals surface area contributed by atoms with Gasteiger partial charge in [0, 0.05) is 23.6 Å².